The van der Waals surface area contributed by atoms with Gasteiger partial charge >= 0.3 is 13.8 Å². The zero-order valence-corrected chi connectivity index (χ0v) is 36.2. The molecule has 0 N–H and O–H groups in total. The molecule has 0 fully saturated rings. The van der Waals surface area contributed by atoms with Gasteiger partial charge in [0.15, 0.2) is 0 Å². The van der Waals surface area contributed by atoms with Crippen LogP contribution in [0.5, 0.6) is 0 Å². The summed E-state index contributed by atoms with van der Waals surface area (Å²) >= 11 is 0. The van der Waals surface area contributed by atoms with E-state index in [-0.39, 0.29) is 18.9 Å². The minimum absolute atomic E-state index is 0.0167. The second-order valence-corrected chi connectivity index (χ2v) is 17.3. The van der Waals surface area contributed by atoms with Crippen molar-refractivity contribution in [1.82, 2.24) is 15.0 Å². The van der Waals surface area contributed by atoms with Crippen molar-refractivity contribution in [3.05, 3.63) is 47.7 Å². The molecule has 0 bridgehead atoms. The maximum absolute atomic E-state index is 13.7. The molecule has 1 heterocycles. The van der Waals surface area contributed by atoms with E-state index in [1.165, 1.54) is 121 Å². The predicted molar refractivity (Wildman–Crippen MR) is 225 cm³/mol. The third-order valence-corrected chi connectivity index (χ3v) is 11.3. The highest BCUT2D eigenvalue weighted by atomic mass is 31.2. The van der Waals surface area contributed by atoms with E-state index in [9.17, 15) is 9.36 Å². The molecule has 2 rings (SSSR count). The van der Waals surface area contributed by atoms with Crippen LogP contribution in [0, 0.1) is 0 Å². The number of aromatic nitrogens is 3. The van der Waals surface area contributed by atoms with Gasteiger partial charge in [-0.1, -0.05) is 164 Å². The molecule has 1 aromatic carbocycles. The Morgan fingerprint density at radius 2 is 1.31 bits per heavy atom. The Balaban J connectivity index is 1.71. The van der Waals surface area contributed by atoms with E-state index in [1.54, 1.807) is 18.5 Å². The summed E-state index contributed by atoms with van der Waals surface area (Å²) in [7, 11) is -3.63. The molecule has 0 radical (unpaired) electrons. The number of hydrogen-bond acceptors (Lipinski definition) is 9. The standard InChI is InChI=1S/C44H76N3O7P/c1-6-8-10-12-13-14-15-16-17-18-19-20-22-24-32-50-33-25-34-52-55(49,53-38-51-44(48)54-39(3)4)35-31-40(5)36-47-37-43(45-46-47)42-29-27-41(28-30-42)26-23-21-11-9-7-2/h27-31,37,39H,6-26,32-36,38H2,1-5H3/b40-31+. The largest absolute Gasteiger partial charge is 0.510 e. The Morgan fingerprint density at radius 3 is 1.91 bits per heavy atom. The molecule has 1 atom stereocenters. The molecule has 11 heteroatoms. The van der Waals surface area contributed by atoms with Crippen molar-refractivity contribution in [2.24, 2.45) is 0 Å². The number of allylic oxidation sites excluding steroid dienone is 2. The number of carbonyl (C=O) groups is 1. The summed E-state index contributed by atoms with van der Waals surface area (Å²) in [6, 6.07) is 8.56. The second kappa shape index (κ2) is 31.6. The monoisotopic (exact) mass is 790 g/mol. The Bertz CT molecular complexity index is 1310. The fourth-order valence-corrected chi connectivity index (χ4v) is 7.70. The van der Waals surface area contributed by atoms with Gasteiger partial charge in [0, 0.05) is 18.8 Å². The molecule has 314 valence electrons. The molecule has 0 saturated heterocycles. The van der Waals surface area contributed by atoms with Crippen LogP contribution in [-0.2, 0) is 40.8 Å². The van der Waals surface area contributed by atoms with Crippen LogP contribution in [0.4, 0.5) is 4.79 Å². The molecule has 0 spiro atoms. The molecule has 0 aliphatic heterocycles. The van der Waals surface area contributed by atoms with Gasteiger partial charge in [0.1, 0.15) is 5.69 Å². The van der Waals surface area contributed by atoms with Gasteiger partial charge in [-0.25, -0.2) is 9.48 Å². The van der Waals surface area contributed by atoms with Gasteiger partial charge in [0.2, 0.25) is 6.79 Å². The van der Waals surface area contributed by atoms with Crippen LogP contribution in [0.3, 0.4) is 0 Å². The number of rotatable bonds is 35. The Labute approximate surface area is 334 Å². The zero-order chi connectivity index (χ0) is 39.8. The summed E-state index contributed by atoms with van der Waals surface area (Å²) in [6.45, 7) is 11.2. The first kappa shape index (κ1) is 48.6. The van der Waals surface area contributed by atoms with Crippen molar-refractivity contribution >= 4 is 13.8 Å². The van der Waals surface area contributed by atoms with Crippen LogP contribution in [0.2, 0.25) is 0 Å². The van der Waals surface area contributed by atoms with Crippen molar-refractivity contribution in [3.8, 4) is 11.3 Å². The highest BCUT2D eigenvalue weighted by Gasteiger charge is 2.25. The number of aryl methyl sites for hydroxylation is 1. The lowest BCUT2D eigenvalue weighted by Crippen LogP contribution is -2.15. The van der Waals surface area contributed by atoms with E-state index >= 15 is 0 Å². The van der Waals surface area contributed by atoms with Crippen LogP contribution < -0.4 is 0 Å². The van der Waals surface area contributed by atoms with Gasteiger partial charge < -0.3 is 18.7 Å². The zero-order valence-electron chi connectivity index (χ0n) is 35.3. The summed E-state index contributed by atoms with van der Waals surface area (Å²) in [6.07, 6.45) is 29.2. The van der Waals surface area contributed by atoms with Gasteiger partial charge in [0.05, 0.1) is 31.6 Å². The topological polar surface area (TPSA) is 111 Å². The number of nitrogens with zero attached hydrogens (tertiary/aromatic N) is 3. The first-order valence-electron chi connectivity index (χ1n) is 21.7. The van der Waals surface area contributed by atoms with E-state index in [0.29, 0.717) is 26.2 Å². The molecule has 1 aromatic heterocycles. The third kappa shape index (κ3) is 25.4. The Hall–Kier alpha value is -2.52. The summed E-state index contributed by atoms with van der Waals surface area (Å²) in [4.78, 5) is 11.8. The van der Waals surface area contributed by atoms with Gasteiger partial charge in [-0.3, -0.25) is 9.09 Å². The normalized spacial score (nSPS) is 13.0. The van der Waals surface area contributed by atoms with E-state index in [1.807, 2.05) is 19.2 Å². The SMILES string of the molecule is CCCCCCCCCCCCCCCCOCCCOP(=O)(C/C=C(\C)Cn1cc(-c2ccc(CCCCCCC)cc2)nn1)OCOC(=O)OC(C)C. The number of carbonyl (C=O) groups excluding carboxylic acids is 1. The number of hydrogen-bond donors (Lipinski definition) is 0. The van der Waals surface area contributed by atoms with Crippen LogP contribution in [0.1, 0.15) is 169 Å². The van der Waals surface area contributed by atoms with Gasteiger partial charge in [-0.15, -0.1) is 5.10 Å². The van der Waals surface area contributed by atoms with Crippen molar-refractivity contribution in [2.45, 2.75) is 182 Å². The second-order valence-electron chi connectivity index (χ2n) is 15.2. The lowest BCUT2D eigenvalue weighted by atomic mass is 10.0. The molecule has 10 nitrogen and oxygen atoms in total. The summed E-state index contributed by atoms with van der Waals surface area (Å²) in [5, 5.41) is 8.68. The smallest absolute Gasteiger partial charge is 0.432 e. The summed E-state index contributed by atoms with van der Waals surface area (Å²) in [5.74, 6) is 0. The summed E-state index contributed by atoms with van der Waals surface area (Å²) < 4.78 is 42.5. The highest BCUT2D eigenvalue weighted by Crippen LogP contribution is 2.48. The maximum atomic E-state index is 13.7. The lowest BCUT2D eigenvalue weighted by Gasteiger charge is -2.18. The number of unbranched alkanes of at least 4 members (excludes halogenated alkanes) is 17. The fourth-order valence-electron chi connectivity index (χ4n) is 6.26. The highest BCUT2D eigenvalue weighted by molar-refractivity contribution is 7.54. The Kier molecular flexibility index (Phi) is 27.9. The van der Waals surface area contributed by atoms with Crippen LogP contribution in [-0.4, -0.2) is 60.0 Å². The maximum Gasteiger partial charge on any atom is 0.510 e. The average Bonchev–Trinajstić information content (AvgIpc) is 3.63. The van der Waals surface area contributed by atoms with Crippen molar-refractivity contribution in [1.29, 1.82) is 0 Å². The number of benzene rings is 1. The van der Waals surface area contributed by atoms with E-state index in [2.05, 4.69) is 48.4 Å². The molecule has 0 aliphatic rings. The number of ether oxygens (including phenoxy) is 3. The van der Waals surface area contributed by atoms with Crippen LogP contribution in [0.15, 0.2) is 42.1 Å². The first-order valence-corrected chi connectivity index (χ1v) is 23.4. The lowest BCUT2D eigenvalue weighted by molar-refractivity contribution is -0.0130. The van der Waals surface area contributed by atoms with Gasteiger partial charge in [0.25, 0.3) is 0 Å². The van der Waals surface area contributed by atoms with Crippen molar-refractivity contribution in [3.63, 3.8) is 0 Å². The molecule has 0 amide bonds. The Morgan fingerprint density at radius 1 is 0.745 bits per heavy atom. The average molecular weight is 790 g/mol. The quantitative estimate of drug-likeness (QED) is 0.0221. The van der Waals surface area contributed by atoms with Gasteiger partial charge in [-0.05, 0) is 52.0 Å². The molecular formula is C44H76N3O7P. The van der Waals surface area contributed by atoms with Crippen molar-refractivity contribution in [2.75, 3.05) is 32.8 Å². The van der Waals surface area contributed by atoms with Crippen LogP contribution in [0.25, 0.3) is 11.3 Å². The summed E-state index contributed by atoms with van der Waals surface area (Å²) in [5.41, 5.74) is 4.08. The third-order valence-electron chi connectivity index (χ3n) is 9.55. The van der Waals surface area contributed by atoms with E-state index in [4.69, 9.17) is 23.3 Å². The molecule has 0 aliphatic carbocycles. The minimum Gasteiger partial charge on any atom is -0.432 e. The van der Waals surface area contributed by atoms with Gasteiger partial charge in [-0.2, -0.15) is 0 Å². The predicted octanol–water partition coefficient (Wildman–Crippen LogP) is 13.0. The molecule has 0 saturated carbocycles. The van der Waals surface area contributed by atoms with Crippen LogP contribution >= 0.6 is 7.60 Å². The molecule has 55 heavy (non-hydrogen) atoms. The molecular weight excluding hydrogens is 713 g/mol. The van der Waals surface area contributed by atoms with E-state index < -0.39 is 20.5 Å². The van der Waals surface area contributed by atoms with Crippen molar-refractivity contribution < 1.29 is 32.6 Å². The molecule has 1 unspecified atom stereocenters. The minimum atomic E-state index is -3.63. The molecule has 2 aromatic rings. The van der Waals surface area contributed by atoms with E-state index in [0.717, 1.165) is 29.7 Å². The first-order chi connectivity index (χ1) is 26.7. The fraction of sp³-hybridized carbons (Fsp3) is 0.750.